The van der Waals surface area contributed by atoms with E-state index in [1.54, 1.807) is 0 Å². The first-order valence-electron chi connectivity index (χ1n) is 7.04. The van der Waals surface area contributed by atoms with Gasteiger partial charge in [-0.05, 0) is 31.0 Å². The van der Waals surface area contributed by atoms with E-state index in [2.05, 4.69) is 11.1 Å². The Kier molecular flexibility index (Phi) is 5.17. The zero-order valence-corrected chi connectivity index (χ0v) is 12.8. The number of hydrogen-bond acceptors (Lipinski definition) is 1. The van der Waals surface area contributed by atoms with Gasteiger partial charge in [0.05, 0.1) is 18.0 Å². The van der Waals surface area contributed by atoms with Gasteiger partial charge in [-0.15, -0.1) is 0 Å². The average Bonchev–Trinajstić information content (AvgIpc) is 2.87. The maximum Gasteiger partial charge on any atom is 0.303 e. The molecule has 4 nitrogen and oxygen atoms in total. The monoisotopic (exact) mass is 316 g/mol. The number of aromatic nitrogens is 2. The van der Waals surface area contributed by atoms with Crippen molar-refractivity contribution in [3.8, 4) is 5.82 Å². The Morgan fingerprint density at radius 2 is 1.82 bits per heavy atom. The number of para-hydroxylation sites is 1. The first-order chi connectivity index (χ1) is 10.3. The number of H-pyrrole nitrogens is 1. The molecule has 0 aliphatic carbocycles. The molecule has 0 atom stereocenters. The lowest BCUT2D eigenvalue weighted by Crippen LogP contribution is -3.00. The summed E-state index contributed by atoms with van der Waals surface area (Å²) in [6.45, 7) is 0. The number of aryl methyl sites for hydroxylation is 1. The van der Waals surface area contributed by atoms with E-state index in [0.29, 0.717) is 6.42 Å². The van der Waals surface area contributed by atoms with Gasteiger partial charge in [0, 0.05) is 11.8 Å². The van der Waals surface area contributed by atoms with Crippen LogP contribution in [-0.4, -0.2) is 16.1 Å². The van der Waals surface area contributed by atoms with Gasteiger partial charge in [-0.1, -0.05) is 24.3 Å². The molecule has 0 unspecified atom stereocenters. The number of nitrogens with one attached hydrogen (secondary N) is 1. The van der Waals surface area contributed by atoms with Crippen molar-refractivity contribution in [2.75, 3.05) is 0 Å². The van der Waals surface area contributed by atoms with Crippen molar-refractivity contribution in [2.45, 2.75) is 19.3 Å². The molecule has 3 rings (SSSR count). The first kappa shape index (κ1) is 16.0. The normalized spacial score (nSPS) is 10.4. The Morgan fingerprint density at radius 1 is 1.09 bits per heavy atom. The van der Waals surface area contributed by atoms with Crippen molar-refractivity contribution in [3.63, 3.8) is 0 Å². The van der Waals surface area contributed by atoms with Crippen LogP contribution in [0.25, 0.3) is 16.7 Å². The van der Waals surface area contributed by atoms with Crippen LogP contribution in [-0.2, 0) is 11.2 Å². The number of aromatic amines is 1. The Morgan fingerprint density at radius 3 is 2.55 bits per heavy atom. The molecule has 0 saturated heterocycles. The number of hydrogen-bond donors (Lipinski definition) is 2. The second-order valence-corrected chi connectivity index (χ2v) is 5.03. The van der Waals surface area contributed by atoms with Crippen LogP contribution in [0.1, 0.15) is 18.4 Å². The third-order valence-corrected chi connectivity index (χ3v) is 3.58. The van der Waals surface area contributed by atoms with Gasteiger partial charge in [-0.2, -0.15) is 0 Å². The number of rotatable bonds is 5. The molecule has 0 radical (unpaired) electrons. The predicted octanol–water partition coefficient (Wildman–Crippen LogP) is -0.144. The van der Waals surface area contributed by atoms with E-state index in [1.165, 1.54) is 5.56 Å². The molecule has 2 heterocycles. The molecule has 0 aliphatic rings. The van der Waals surface area contributed by atoms with Crippen molar-refractivity contribution < 1.29 is 26.9 Å². The molecule has 114 valence electrons. The Hall–Kier alpha value is -2.33. The molecule has 0 saturated carbocycles. The smallest absolute Gasteiger partial charge is 0.303 e. The number of nitrogens with zero attached hydrogens (tertiary/aromatic N) is 1. The van der Waals surface area contributed by atoms with Crippen molar-refractivity contribution in [2.24, 2.45) is 0 Å². The minimum atomic E-state index is -0.747. The fraction of sp³-hybridized carbons (Fsp3) is 0.176. The van der Waals surface area contributed by atoms with E-state index in [1.807, 2.05) is 53.4 Å². The topological polar surface area (TPSA) is 57.0 Å². The first-order valence-corrected chi connectivity index (χ1v) is 7.04. The number of carboxylic acids is 1. The second-order valence-electron chi connectivity index (χ2n) is 5.03. The number of aliphatic carboxylic acids is 1. The van der Waals surface area contributed by atoms with E-state index < -0.39 is 5.97 Å². The number of fused-ring (bicyclic) bond motifs is 1. The highest BCUT2D eigenvalue weighted by Crippen LogP contribution is 2.24. The van der Waals surface area contributed by atoms with Gasteiger partial charge in [0.25, 0.3) is 5.82 Å². The number of benzene rings is 1. The van der Waals surface area contributed by atoms with Gasteiger partial charge in [0.1, 0.15) is 5.52 Å². The quantitative estimate of drug-likeness (QED) is 0.644. The van der Waals surface area contributed by atoms with Crippen LogP contribution < -0.4 is 17.0 Å². The fourth-order valence-corrected chi connectivity index (χ4v) is 2.62. The van der Waals surface area contributed by atoms with Gasteiger partial charge in [0.15, 0.2) is 0 Å². The molecule has 2 aromatic heterocycles. The van der Waals surface area contributed by atoms with Crippen molar-refractivity contribution in [1.82, 2.24) is 4.98 Å². The van der Waals surface area contributed by atoms with E-state index in [4.69, 9.17) is 5.11 Å². The Balaban J connectivity index is 0.00000176. The third-order valence-electron chi connectivity index (χ3n) is 3.58. The van der Waals surface area contributed by atoms with Crippen LogP contribution >= 0.6 is 0 Å². The molecule has 3 aromatic rings. The zero-order valence-electron chi connectivity index (χ0n) is 12.0. The predicted molar refractivity (Wildman–Crippen MR) is 80.4 cm³/mol. The maximum absolute atomic E-state index is 10.7. The molecule has 22 heavy (non-hydrogen) atoms. The molecular weight excluding hydrogens is 300 g/mol. The number of carboxylic acid groups (broad SMARTS) is 1. The summed E-state index contributed by atoms with van der Waals surface area (Å²) in [6.07, 6.45) is 5.56. The maximum atomic E-state index is 10.7. The fourth-order valence-electron chi connectivity index (χ4n) is 2.62. The zero-order chi connectivity index (χ0) is 14.7. The van der Waals surface area contributed by atoms with E-state index in [9.17, 15) is 4.79 Å². The minimum absolute atomic E-state index is 0. The molecule has 2 N–H and O–H groups in total. The largest absolute Gasteiger partial charge is 1.00 e. The molecule has 1 aromatic carbocycles. The Bertz CT molecular complexity index is 769. The van der Waals surface area contributed by atoms with E-state index in [0.717, 1.165) is 23.1 Å². The molecule has 0 spiro atoms. The number of halogens is 1. The van der Waals surface area contributed by atoms with Gasteiger partial charge in [-0.25, -0.2) is 9.55 Å². The number of carbonyl (C=O) groups is 1. The van der Waals surface area contributed by atoms with Crippen LogP contribution in [0.2, 0.25) is 0 Å². The summed E-state index contributed by atoms with van der Waals surface area (Å²) in [6, 6.07) is 14.1. The summed E-state index contributed by atoms with van der Waals surface area (Å²) in [7, 11) is 0. The lowest BCUT2D eigenvalue weighted by molar-refractivity contribution is -0.599. The van der Waals surface area contributed by atoms with Crippen LogP contribution in [0.15, 0.2) is 54.9 Å². The summed E-state index contributed by atoms with van der Waals surface area (Å²) in [5, 5.41) is 9.99. The molecular formula is C17H17ClN2O2. The summed E-state index contributed by atoms with van der Waals surface area (Å²) in [4.78, 5) is 14.2. The SMILES string of the molecule is O=C(O)CCCc1c(-[n+]2ccccc2)[nH]c2ccccc12.[Cl-]. The lowest BCUT2D eigenvalue weighted by atomic mass is 10.1. The molecule has 0 aliphatic heterocycles. The molecule has 0 bridgehead atoms. The standard InChI is InChI=1S/C17H16N2O2.ClH/c20-16(21)10-6-8-14-13-7-2-3-9-15(13)18-17(14)19-11-4-1-5-12-19;/h1-5,7,9,11-12,18H,6,8,10H2;1H. The lowest BCUT2D eigenvalue weighted by Gasteiger charge is -2.00. The molecule has 5 heteroatoms. The second kappa shape index (κ2) is 7.09. The van der Waals surface area contributed by atoms with Crippen LogP contribution in [0.4, 0.5) is 0 Å². The average molecular weight is 317 g/mol. The Labute approximate surface area is 134 Å². The van der Waals surface area contributed by atoms with Gasteiger partial charge in [0.2, 0.25) is 0 Å². The summed E-state index contributed by atoms with van der Waals surface area (Å²) >= 11 is 0. The number of pyridine rings is 1. The van der Waals surface area contributed by atoms with Crippen LogP contribution in [0.5, 0.6) is 0 Å². The molecule has 0 amide bonds. The highest BCUT2D eigenvalue weighted by atomic mass is 35.5. The third kappa shape index (κ3) is 3.28. The molecule has 0 fully saturated rings. The van der Waals surface area contributed by atoms with E-state index in [-0.39, 0.29) is 18.8 Å². The van der Waals surface area contributed by atoms with Crippen LogP contribution in [0.3, 0.4) is 0 Å². The van der Waals surface area contributed by atoms with Crippen molar-refractivity contribution in [3.05, 3.63) is 60.4 Å². The van der Waals surface area contributed by atoms with Gasteiger partial charge >= 0.3 is 5.97 Å². The highest BCUT2D eigenvalue weighted by molar-refractivity contribution is 5.86. The van der Waals surface area contributed by atoms with Crippen molar-refractivity contribution >= 4 is 16.9 Å². The summed E-state index contributed by atoms with van der Waals surface area (Å²) in [5.74, 6) is 0.269. The van der Waals surface area contributed by atoms with Gasteiger partial charge in [-0.3, -0.25) is 4.79 Å². The summed E-state index contributed by atoms with van der Waals surface area (Å²) < 4.78 is 2.04. The van der Waals surface area contributed by atoms with Crippen LogP contribution in [0, 0.1) is 0 Å². The van der Waals surface area contributed by atoms with Gasteiger partial charge < -0.3 is 17.5 Å². The summed E-state index contributed by atoms with van der Waals surface area (Å²) in [5.41, 5.74) is 2.25. The minimum Gasteiger partial charge on any atom is -1.00 e. The highest BCUT2D eigenvalue weighted by Gasteiger charge is 2.19. The van der Waals surface area contributed by atoms with Crippen molar-refractivity contribution in [1.29, 1.82) is 0 Å². The van der Waals surface area contributed by atoms with E-state index >= 15 is 0 Å².